The number of aromatic nitrogens is 2. The van der Waals surface area contributed by atoms with Crippen LogP contribution in [0.1, 0.15) is 13.3 Å². The molecule has 0 aliphatic carbocycles. The van der Waals surface area contributed by atoms with Gasteiger partial charge in [0.2, 0.25) is 5.95 Å². The van der Waals surface area contributed by atoms with E-state index in [4.69, 9.17) is 11.6 Å². The van der Waals surface area contributed by atoms with Crippen LogP contribution in [-0.4, -0.2) is 49.5 Å². The summed E-state index contributed by atoms with van der Waals surface area (Å²) in [5.41, 5.74) is 0. The van der Waals surface area contributed by atoms with Gasteiger partial charge >= 0.3 is 0 Å². The minimum absolute atomic E-state index is 0.0770. The lowest BCUT2D eigenvalue weighted by atomic mass is 10.2. The molecular weight excluding hydrogens is 288 g/mol. The maximum Gasteiger partial charge on any atom is 0.224 e. The third-order valence-electron chi connectivity index (χ3n) is 3.15. The van der Waals surface area contributed by atoms with Crippen molar-refractivity contribution in [1.82, 2.24) is 9.97 Å². The SMILES string of the molecule is CCNc1ncc(Cl)c(N(C)C2CCS(=O)(=O)C2)n1. The highest BCUT2D eigenvalue weighted by Gasteiger charge is 2.32. The second-order valence-corrected chi connectivity index (χ2v) is 7.20. The molecule has 2 rings (SSSR count). The van der Waals surface area contributed by atoms with E-state index < -0.39 is 9.84 Å². The molecule has 19 heavy (non-hydrogen) atoms. The number of rotatable bonds is 4. The third kappa shape index (κ3) is 3.27. The minimum Gasteiger partial charge on any atom is -0.354 e. The lowest BCUT2D eigenvalue weighted by molar-refractivity contribution is 0.600. The predicted molar refractivity (Wildman–Crippen MR) is 76.7 cm³/mol. The summed E-state index contributed by atoms with van der Waals surface area (Å²) in [6.45, 7) is 2.66. The van der Waals surface area contributed by atoms with Gasteiger partial charge in [-0.3, -0.25) is 0 Å². The van der Waals surface area contributed by atoms with Crippen molar-refractivity contribution in [2.45, 2.75) is 19.4 Å². The van der Waals surface area contributed by atoms with Crippen LogP contribution in [0.2, 0.25) is 5.02 Å². The molecule has 0 bridgehead atoms. The van der Waals surface area contributed by atoms with Gasteiger partial charge in [-0.1, -0.05) is 11.6 Å². The highest BCUT2D eigenvalue weighted by atomic mass is 35.5. The van der Waals surface area contributed by atoms with Crippen LogP contribution < -0.4 is 10.2 Å². The Hall–Kier alpha value is -1.08. The normalized spacial score (nSPS) is 21.3. The zero-order valence-corrected chi connectivity index (χ0v) is 12.5. The van der Waals surface area contributed by atoms with Crippen LogP contribution >= 0.6 is 11.6 Å². The molecule has 1 aliphatic heterocycles. The first-order chi connectivity index (χ1) is 8.93. The molecule has 1 unspecified atom stereocenters. The predicted octanol–water partition coefficient (Wildman–Crippen LogP) is 1.19. The van der Waals surface area contributed by atoms with Gasteiger partial charge in [-0.25, -0.2) is 13.4 Å². The van der Waals surface area contributed by atoms with E-state index in [2.05, 4.69) is 15.3 Å². The average Bonchev–Trinajstić information content (AvgIpc) is 2.72. The molecule has 0 amide bonds. The number of nitrogens with one attached hydrogen (secondary N) is 1. The minimum atomic E-state index is -2.93. The molecule has 106 valence electrons. The van der Waals surface area contributed by atoms with Crippen molar-refractivity contribution in [3.63, 3.8) is 0 Å². The fourth-order valence-corrected chi connectivity index (χ4v) is 4.10. The number of anilines is 2. The Morgan fingerprint density at radius 1 is 1.58 bits per heavy atom. The molecule has 0 saturated carbocycles. The fourth-order valence-electron chi connectivity index (χ4n) is 2.10. The molecule has 0 aromatic carbocycles. The van der Waals surface area contributed by atoms with Crippen LogP contribution in [-0.2, 0) is 9.84 Å². The van der Waals surface area contributed by atoms with Gasteiger partial charge in [-0.15, -0.1) is 0 Å². The maximum atomic E-state index is 11.5. The molecular formula is C11H17ClN4O2S. The van der Waals surface area contributed by atoms with E-state index in [0.29, 0.717) is 29.8 Å². The van der Waals surface area contributed by atoms with E-state index in [0.717, 1.165) is 0 Å². The first-order valence-corrected chi connectivity index (χ1v) is 8.32. The van der Waals surface area contributed by atoms with Crippen LogP contribution in [0.3, 0.4) is 0 Å². The van der Waals surface area contributed by atoms with Crippen molar-refractivity contribution in [1.29, 1.82) is 0 Å². The third-order valence-corrected chi connectivity index (χ3v) is 5.17. The molecule has 6 nitrogen and oxygen atoms in total. The summed E-state index contributed by atoms with van der Waals surface area (Å²) >= 11 is 6.10. The maximum absolute atomic E-state index is 11.5. The number of nitrogens with zero attached hydrogens (tertiary/aromatic N) is 3. The van der Waals surface area contributed by atoms with Crippen molar-refractivity contribution >= 4 is 33.2 Å². The highest BCUT2D eigenvalue weighted by Crippen LogP contribution is 2.27. The molecule has 1 aromatic rings. The van der Waals surface area contributed by atoms with Gasteiger partial charge in [0.15, 0.2) is 15.7 Å². The Balaban J connectivity index is 2.23. The average molecular weight is 305 g/mol. The standard InChI is InChI=1S/C11H17ClN4O2S/c1-3-13-11-14-6-9(12)10(15-11)16(2)8-4-5-19(17,18)7-8/h6,8H,3-5,7H2,1-2H3,(H,13,14,15). The summed E-state index contributed by atoms with van der Waals surface area (Å²) in [5.74, 6) is 1.44. The zero-order chi connectivity index (χ0) is 14.0. The van der Waals surface area contributed by atoms with Crippen molar-refractivity contribution in [3.05, 3.63) is 11.2 Å². The molecule has 1 aromatic heterocycles. The van der Waals surface area contributed by atoms with Crippen LogP contribution in [0.15, 0.2) is 6.20 Å². The van der Waals surface area contributed by atoms with Gasteiger partial charge in [-0.05, 0) is 13.3 Å². The lowest BCUT2D eigenvalue weighted by Crippen LogP contribution is -2.33. The molecule has 1 atom stereocenters. The van der Waals surface area contributed by atoms with Gasteiger partial charge in [0, 0.05) is 19.6 Å². The van der Waals surface area contributed by atoms with Gasteiger partial charge < -0.3 is 10.2 Å². The molecule has 8 heteroatoms. The molecule has 0 radical (unpaired) electrons. The largest absolute Gasteiger partial charge is 0.354 e. The summed E-state index contributed by atoms with van der Waals surface area (Å²) in [7, 11) is -1.11. The van der Waals surface area contributed by atoms with E-state index in [1.807, 2.05) is 18.9 Å². The van der Waals surface area contributed by atoms with Gasteiger partial charge in [0.25, 0.3) is 0 Å². The van der Waals surface area contributed by atoms with Gasteiger partial charge in [0.05, 0.1) is 17.7 Å². The van der Waals surface area contributed by atoms with Crippen LogP contribution in [0, 0.1) is 0 Å². The first kappa shape index (κ1) is 14.3. The summed E-state index contributed by atoms with van der Waals surface area (Å²) < 4.78 is 23.1. The van der Waals surface area contributed by atoms with Crippen LogP contribution in [0.5, 0.6) is 0 Å². The quantitative estimate of drug-likeness (QED) is 0.900. The topological polar surface area (TPSA) is 75.2 Å². The summed E-state index contributed by atoms with van der Waals surface area (Å²) in [4.78, 5) is 10.2. The summed E-state index contributed by atoms with van der Waals surface area (Å²) in [6, 6.07) is -0.0770. The highest BCUT2D eigenvalue weighted by molar-refractivity contribution is 7.91. The molecule has 0 spiro atoms. The fraction of sp³-hybridized carbons (Fsp3) is 0.636. The van der Waals surface area contributed by atoms with Crippen molar-refractivity contribution in [2.24, 2.45) is 0 Å². The zero-order valence-electron chi connectivity index (χ0n) is 10.9. The van der Waals surface area contributed by atoms with Crippen LogP contribution in [0.25, 0.3) is 0 Å². The lowest BCUT2D eigenvalue weighted by Gasteiger charge is -2.25. The smallest absolute Gasteiger partial charge is 0.224 e. The van der Waals surface area contributed by atoms with Crippen molar-refractivity contribution in [3.8, 4) is 0 Å². The van der Waals surface area contributed by atoms with E-state index in [9.17, 15) is 8.42 Å². The van der Waals surface area contributed by atoms with E-state index in [1.165, 1.54) is 6.20 Å². The Kier molecular flexibility index (Phi) is 4.15. The number of hydrogen-bond acceptors (Lipinski definition) is 6. The van der Waals surface area contributed by atoms with E-state index >= 15 is 0 Å². The summed E-state index contributed by atoms with van der Waals surface area (Å²) in [5, 5.41) is 3.44. The van der Waals surface area contributed by atoms with Crippen molar-refractivity contribution < 1.29 is 8.42 Å². The number of halogens is 1. The van der Waals surface area contributed by atoms with E-state index in [1.54, 1.807) is 0 Å². The first-order valence-electron chi connectivity index (χ1n) is 6.12. The van der Waals surface area contributed by atoms with Crippen molar-refractivity contribution in [2.75, 3.05) is 35.3 Å². The van der Waals surface area contributed by atoms with Gasteiger partial charge in [-0.2, -0.15) is 4.98 Å². The van der Waals surface area contributed by atoms with Crippen LogP contribution in [0.4, 0.5) is 11.8 Å². The molecule has 1 saturated heterocycles. The second kappa shape index (κ2) is 5.50. The Bertz CT molecular complexity index is 564. The monoisotopic (exact) mass is 304 g/mol. The molecule has 1 N–H and O–H groups in total. The Labute approximate surface area is 118 Å². The van der Waals surface area contributed by atoms with Gasteiger partial charge in [0.1, 0.15) is 5.02 Å². The molecule has 1 fully saturated rings. The second-order valence-electron chi connectivity index (χ2n) is 4.56. The number of sulfone groups is 1. The summed E-state index contributed by atoms with van der Waals surface area (Å²) in [6.07, 6.45) is 2.14. The molecule has 2 heterocycles. The Morgan fingerprint density at radius 2 is 2.32 bits per heavy atom. The molecule has 1 aliphatic rings. The Morgan fingerprint density at radius 3 is 2.89 bits per heavy atom. The van der Waals surface area contributed by atoms with E-state index in [-0.39, 0.29) is 17.5 Å². The number of hydrogen-bond donors (Lipinski definition) is 1.